The molecule has 4 rings (SSSR count). The fourth-order valence-electron chi connectivity index (χ4n) is 4.46. The van der Waals surface area contributed by atoms with E-state index in [4.69, 9.17) is 0 Å². The van der Waals surface area contributed by atoms with E-state index < -0.39 is 10.0 Å². The molecule has 1 heterocycles. The maximum atomic E-state index is 13.2. The molecule has 1 aliphatic carbocycles. The van der Waals surface area contributed by atoms with Crippen molar-refractivity contribution in [2.24, 2.45) is 5.92 Å². The predicted octanol–water partition coefficient (Wildman–Crippen LogP) is 4.70. The third-order valence-electron chi connectivity index (χ3n) is 6.50. The molecule has 0 spiro atoms. The molecule has 0 radical (unpaired) electrons. The summed E-state index contributed by atoms with van der Waals surface area (Å²) < 4.78 is 27.8. The highest BCUT2D eigenvalue weighted by molar-refractivity contribution is 7.89. The summed E-state index contributed by atoms with van der Waals surface area (Å²) in [5.74, 6) is -0.0550. The first-order chi connectivity index (χ1) is 17.2. The maximum absolute atomic E-state index is 13.2. The largest absolute Gasteiger partial charge is 0.355 e. The van der Waals surface area contributed by atoms with Crippen molar-refractivity contribution in [3.63, 3.8) is 0 Å². The van der Waals surface area contributed by atoms with Crippen molar-refractivity contribution in [2.75, 3.05) is 18.9 Å². The van der Waals surface area contributed by atoms with Gasteiger partial charge in [0.25, 0.3) is 11.8 Å². The van der Waals surface area contributed by atoms with Crippen LogP contribution in [0.25, 0.3) is 0 Å². The second-order valence-electron chi connectivity index (χ2n) is 9.03. The molecular formula is C27H31N3O4S2. The van der Waals surface area contributed by atoms with Crippen LogP contribution in [0, 0.1) is 5.92 Å². The fraction of sp³-hybridized carbons (Fsp3) is 0.333. The minimum Gasteiger partial charge on any atom is -0.355 e. The average Bonchev–Trinajstić information content (AvgIpc) is 3.23. The number of benzene rings is 2. The number of sulfonamides is 1. The Balaban J connectivity index is 1.54. The topological polar surface area (TPSA) is 95.6 Å². The first-order valence-electron chi connectivity index (χ1n) is 12.1. The lowest BCUT2D eigenvalue weighted by Gasteiger charge is -2.20. The molecule has 190 valence electrons. The number of amides is 2. The van der Waals surface area contributed by atoms with Crippen LogP contribution in [0.1, 0.15) is 57.0 Å². The van der Waals surface area contributed by atoms with Crippen molar-refractivity contribution >= 4 is 38.2 Å². The molecule has 0 fully saturated rings. The molecule has 0 saturated heterocycles. The van der Waals surface area contributed by atoms with Crippen LogP contribution in [0.4, 0.5) is 5.00 Å². The predicted molar refractivity (Wildman–Crippen MR) is 143 cm³/mol. The number of hydrogen-bond donors (Lipinski definition) is 2. The monoisotopic (exact) mass is 525 g/mol. The van der Waals surface area contributed by atoms with Crippen LogP contribution >= 0.6 is 11.3 Å². The highest BCUT2D eigenvalue weighted by Gasteiger charge is 2.28. The summed E-state index contributed by atoms with van der Waals surface area (Å²) in [7, 11) is -2.15. The third kappa shape index (κ3) is 5.38. The quantitative estimate of drug-likeness (QED) is 0.446. The number of fused-ring (bicyclic) bond motifs is 1. The zero-order chi connectivity index (χ0) is 25.9. The summed E-state index contributed by atoms with van der Waals surface area (Å²) >= 11 is 1.45. The zero-order valence-electron chi connectivity index (χ0n) is 20.7. The highest BCUT2D eigenvalue weighted by atomic mass is 32.2. The number of hydrogen-bond acceptors (Lipinski definition) is 5. The summed E-state index contributed by atoms with van der Waals surface area (Å²) in [6.07, 6.45) is 2.72. The third-order valence-corrected chi connectivity index (χ3v) is 9.61. The fourth-order valence-corrected chi connectivity index (χ4v) is 7.30. The van der Waals surface area contributed by atoms with E-state index in [-0.39, 0.29) is 23.3 Å². The smallest absolute Gasteiger partial charge is 0.256 e. The number of carbonyl (C=O) groups excluding carboxylic acids is 2. The molecule has 2 amide bonds. The minimum absolute atomic E-state index is 0.128. The van der Waals surface area contributed by atoms with E-state index in [0.717, 1.165) is 35.3 Å². The van der Waals surface area contributed by atoms with Crippen molar-refractivity contribution in [1.82, 2.24) is 9.62 Å². The molecule has 1 aromatic heterocycles. The minimum atomic E-state index is -3.73. The first-order valence-corrected chi connectivity index (χ1v) is 14.3. The molecule has 0 unspecified atom stereocenters. The molecule has 0 aliphatic heterocycles. The Labute approximate surface area is 216 Å². The second kappa shape index (κ2) is 10.9. The summed E-state index contributed by atoms with van der Waals surface area (Å²) in [6, 6.07) is 15.4. The maximum Gasteiger partial charge on any atom is 0.256 e. The molecular weight excluding hydrogens is 494 g/mol. The molecule has 2 N–H and O–H groups in total. The van der Waals surface area contributed by atoms with Gasteiger partial charge in [-0.15, -0.1) is 11.3 Å². The Kier molecular flexibility index (Phi) is 7.92. The van der Waals surface area contributed by atoms with Crippen LogP contribution in [-0.4, -0.2) is 38.1 Å². The normalized spacial score (nSPS) is 15.4. The van der Waals surface area contributed by atoms with E-state index in [1.807, 2.05) is 30.3 Å². The van der Waals surface area contributed by atoms with Crippen molar-refractivity contribution < 1.29 is 18.0 Å². The molecule has 9 heteroatoms. The van der Waals surface area contributed by atoms with E-state index in [1.54, 1.807) is 14.0 Å². The Morgan fingerprint density at radius 1 is 1.06 bits per heavy atom. The van der Waals surface area contributed by atoms with Crippen LogP contribution in [0.15, 0.2) is 59.5 Å². The van der Waals surface area contributed by atoms with Crippen molar-refractivity contribution in [3.05, 3.63) is 81.7 Å². The number of thiophene rings is 1. The Hall–Kier alpha value is -3.01. The van der Waals surface area contributed by atoms with Gasteiger partial charge in [-0.2, -0.15) is 4.31 Å². The van der Waals surface area contributed by atoms with Gasteiger partial charge < -0.3 is 10.6 Å². The molecule has 0 bridgehead atoms. The van der Waals surface area contributed by atoms with Gasteiger partial charge in [-0.25, -0.2) is 8.42 Å². The first kappa shape index (κ1) is 26.1. The van der Waals surface area contributed by atoms with Crippen molar-refractivity contribution in [1.29, 1.82) is 0 Å². The van der Waals surface area contributed by atoms with Crippen LogP contribution < -0.4 is 10.6 Å². The van der Waals surface area contributed by atoms with Gasteiger partial charge in [0.1, 0.15) is 5.00 Å². The van der Waals surface area contributed by atoms with Crippen molar-refractivity contribution in [2.45, 2.75) is 44.6 Å². The number of anilines is 1. The number of nitrogens with zero attached hydrogens (tertiary/aromatic N) is 1. The molecule has 0 saturated carbocycles. The Morgan fingerprint density at radius 3 is 2.39 bits per heavy atom. The van der Waals surface area contributed by atoms with Gasteiger partial charge in [0.2, 0.25) is 10.0 Å². The summed E-state index contributed by atoms with van der Waals surface area (Å²) in [5.41, 5.74) is 2.78. The van der Waals surface area contributed by atoms with E-state index in [0.29, 0.717) is 28.6 Å². The molecule has 2 aromatic carbocycles. The molecule has 3 aromatic rings. The average molecular weight is 526 g/mol. The van der Waals surface area contributed by atoms with E-state index in [2.05, 4.69) is 17.6 Å². The Bertz CT molecular complexity index is 1350. The second-order valence-corrected chi connectivity index (χ2v) is 12.1. The van der Waals surface area contributed by atoms with Gasteiger partial charge >= 0.3 is 0 Å². The summed E-state index contributed by atoms with van der Waals surface area (Å²) in [6.45, 7) is 4.58. The standard InChI is InChI=1S/C27H31N3O4S2/c1-4-30(17-19-8-6-5-7-9-19)36(33,34)21-13-11-20(12-14-21)25(31)29-27-24(26(32)28-3)22-15-10-18(2)16-23(22)35-27/h5-9,11-14,18H,4,10,15-17H2,1-3H3,(H,28,32)(H,29,31)/t18-/m0/s1. The van der Waals surface area contributed by atoms with E-state index >= 15 is 0 Å². The Morgan fingerprint density at radius 2 is 1.75 bits per heavy atom. The molecule has 1 aliphatic rings. The lowest BCUT2D eigenvalue weighted by atomic mass is 9.88. The van der Waals surface area contributed by atoms with Crippen LogP contribution in [0.2, 0.25) is 0 Å². The van der Waals surface area contributed by atoms with E-state index in [9.17, 15) is 18.0 Å². The summed E-state index contributed by atoms with van der Waals surface area (Å²) in [4.78, 5) is 26.9. The van der Waals surface area contributed by atoms with Crippen molar-refractivity contribution in [3.8, 4) is 0 Å². The molecule has 1 atom stereocenters. The zero-order valence-corrected chi connectivity index (χ0v) is 22.3. The summed E-state index contributed by atoms with van der Waals surface area (Å²) in [5, 5.41) is 6.12. The van der Waals surface area contributed by atoms with Gasteiger partial charge in [0.05, 0.1) is 10.5 Å². The van der Waals surface area contributed by atoms with Crippen LogP contribution in [0.3, 0.4) is 0 Å². The van der Waals surface area contributed by atoms with Crippen LogP contribution in [0.5, 0.6) is 0 Å². The van der Waals surface area contributed by atoms with Crippen LogP contribution in [-0.2, 0) is 29.4 Å². The number of rotatable bonds is 8. The molecule has 7 nitrogen and oxygen atoms in total. The van der Waals surface area contributed by atoms with Gasteiger partial charge in [-0.05, 0) is 60.6 Å². The lowest BCUT2D eigenvalue weighted by Crippen LogP contribution is -2.30. The van der Waals surface area contributed by atoms with Gasteiger partial charge in [-0.1, -0.05) is 44.2 Å². The van der Waals surface area contributed by atoms with Gasteiger partial charge in [0, 0.05) is 30.6 Å². The lowest BCUT2D eigenvalue weighted by molar-refractivity contribution is 0.0963. The SMILES string of the molecule is CCN(Cc1ccccc1)S(=O)(=O)c1ccc(C(=O)Nc2sc3c(c2C(=O)NC)CC[C@H](C)C3)cc1. The van der Waals surface area contributed by atoms with Gasteiger partial charge in [-0.3, -0.25) is 9.59 Å². The number of carbonyl (C=O) groups is 2. The molecule has 36 heavy (non-hydrogen) atoms. The highest BCUT2D eigenvalue weighted by Crippen LogP contribution is 2.39. The van der Waals surface area contributed by atoms with Gasteiger partial charge in [0.15, 0.2) is 0 Å². The van der Waals surface area contributed by atoms with E-state index in [1.165, 1.54) is 39.9 Å². The number of nitrogens with one attached hydrogen (secondary N) is 2.